The van der Waals surface area contributed by atoms with Crippen LogP contribution >= 0.6 is 0 Å². The van der Waals surface area contributed by atoms with Crippen molar-refractivity contribution in [2.45, 2.75) is 18.0 Å². The van der Waals surface area contributed by atoms with Gasteiger partial charge in [0.25, 0.3) is 0 Å². The molecule has 1 aromatic rings. The van der Waals surface area contributed by atoms with E-state index in [1.165, 1.54) is 0 Å². The Bertz CT molecular complexity index is 268. The van der Waals surface area contributed by atoms with Gasteiger partial charge in [0.15, 0.2) is 0 Å². The summed E-state index contributed by atoms with van der Waals surface area (Å²) in [6.07, 6.45) is -0.391. The largest absolute Gasteiger partial charge is 0.395 e. The van der Waals surface area contributed by atoms with Crippen molar-refractivity contribution in [2.75, 3.05) is 6.61 Å². The van der Waals surface area contributed by atoms with E-state index in [0.29, 0.717) is 6.42 Å². The third-order valence-corrected chi connectivity index (χ3v) is 2.61. The lowest BCUT2D eigenvalue weighted by Gasteiger charge is -2.10. The SMILES string of the molecule is OC[C@@]1(c2ccccc2)C[C@H]1F. The Labute approximate surface area is 70.8 Å². The quantitative estimate of drug-likeness (QED) is 0.708. The molecule has 0 bridgehead atoms. The van der Waals surface area contributed by atoms with E-state index in [4.69, 9.17) is 5.11 Å². The molecule has 0 amide bonds. The van der Waals surface area contributed by atoms with Crippen LogP contribution in [-0.2, 0) is 5.41 Å². The number of aliphatic hydroxyl groups is 1. The standard InChI is InChI=1S/C10H11FO/c11-9-6-10(9,7-12)8-4-2-1-3-5-8/h1-5,9,12H,6-7H2/t9-,10-/m1/s1. The lowest BCUT2D eigenvalue weighted by atomic mass is 9.97. The van der Waals surface area contributed by atoms with E-state index < -0.39 is 11.6 Å². The Morgan fingerprint density at radius 3 is 2.42 bits per heavy atom. The fraction of sp³-hybridized carbons (Fsp3) is 0.400. The molecule has 0 radical (unpaired) electrons. The molecule has 1 aromatic carbocycles. The molecule has 1 aliphatic rings. The number of hydrogen-bond acceptors (Lipinski definition) is 1. The van der Waals surface area contributed by atoms with Gasteiger partial charge in [-0.05, 0) is 12.0 Å². The average Bonchev–Trinajstić information content (AvgIpc) is 2.80. The van der Waals surface area contributed by atoms with Crippen molar-refractivity contribution in [1.82, 2.24) is 0 Å². The van der Waals surface area contributed by atoms with E-state index in [1.54, 1.807) is 0 Å². The Morgan fingerprint density at radius 1 is 1.42 bits per heavy atom. The highest BCUT2D eigenvalue weighted by molar-refractivity contribution is 5.34. The van der Waals surface area contributed by atoms with Crippen LogP contribution in [0.25, 0.3) is 0 Å². The van der Waals surface area contributed by atoms with Gasteiger partial charge in [0, 0.05) is 0 Å². The summed E-state index contributed by atoms with van der Waals surface area (Å²) in [5.41, 5.74) is 0.348. The number of alkyl halides is 1. The smallest absolute Gasteiger partial charge is 0.113 e. The van der Waals surface area contributed by atoms with Crippen molar-refractivity contribution < 1.29 is 9.50 Å². The van der Waals surface area contributed by atoms with E-state index in [9.17, 15) is 4.39 Å². The summed E-state index contributed by atoms with van der Waals surface area (Å²) in [5.74, 6) is 0. The van der Waals surface area contributed by atoms with Crippen LogP contribution in [0.3, 0.4) is 0 Å². The number of hydrogen-bond donors (Lipinski definition) is 1. The van der Waals surface area contributed by atoms with Crippen molar-refractivity contribution in [3.8, 4) is 0 Å². The molecule has 0 aliphatic heterocycles. The summed E-state index contributed by atoms with van der Waals surface area (Å²) in [7, 11) is 0. The van der Waals surface area contributed by atoms with E-state index >= 15 is 0 Å². The highest BCUT2D eigenvalue weighted by Crippen LogP contribution is 2.50. The maximum atomic E-state index is 13.0. The summed E-state index contributed by atoms with van der Waals surface area (Å²) in [6.45, 7) is -0.0851. The third kappa shape index (κ3) is 0.950. The number of halogens is 1. The third-order valence-electron chi connectivity index (χ3n) is 2.61. The number of aliphatic hydroxyl groups excluding tert-OH is 1. The maximum Gasteiger partial charge on any atom is 0.113 e. The van der Waals surface area contributed by atoms with Crippen molar-refractivity contribution in [3.05, 3.63) is 35.9 Å². The second kappa shape index (κ2) is 2.56. The highest BCUT2D eigenvalue weighted by Gasteiger charge is 2.55. The Hall–Kier alpha value is -0.890. The van der Waals surface area contributed by atoms with Crippen molar-refractivity contribution in [2.24, 2.45) is 0 Å². The van der Waals surface area contributed by atoms with E-state index in [2.05, 4.69) is 0 Å². The predicted octanol–water partition coefficient (Wildman–Crippen LogP) is 1.66. The van der Waals surface area contributed by atoms with Crippen LogP contribution in [0.1, 0.15) is 12.0 Å². The monoisotopic (exact) mass is 166 g/mol. The summed E-state index contributed by atoms with van der Waals surface area (Å²) < 4.78 is 13.0. The lowest BCUT2D eigenvalue weighted by molar-refractivity contribution is 0.233. The molecule has 0 saturated heterocycles. The predicted molar refractivity (Wildman–Crippen MR) is 44.7 cm³/mol. The van der Waals surface area contributed by atoms with Gasteiger partial charge in [-0.25, -0.2) is 4.39 Å². The van der Waals surface area contributed by atoms with Crippen molar-refractivity contribution >= 4 is 0 Å². The molecule has 2 rings (SSSR count). The minimum atomic E-state index is -0.857. The second-order valence-electron chi connectivity index (χ2n) is 3.35. The molecule has 1 aliphatic carbocycles. The topological polar surface area (TPSA) is 20.2 Å². The first-order chi connectivity index (χ1) is 5.79. The molecule has 1 saturated carbocycles. The summed E-state index contributed by atoms with van der Waals surface area (Å²) >= 11 is 0. The van der Waals surface area contributed by atoms with E-state index in [0.717, 1.165) is 5.56 Å². The molecule has 2 atom stereocenters. The van der Waals surface area contributed by atoms with Gasteiger partial charge in [-0.3, -0.25) is 0 Å². The molecule has 0 spiro atoms. The van der Waals surface area contributed by atoms with Crippen LogP contribution in [0.4, 0.5) is 4.39 Å². The Morgan fingerprint density at radius 2 is 2.00 bits per heavy atom. The molecular weight excluding hydrogens is 155 g/mol. The average molecular weight is 166 g/mol. The minimum absolute atomic E-state index is 0.0851. The summed E-state index contributed by atoms with van der Waals surface area (Å²) in [4.78, 5) is 0. The first kappa shape index (κ1) is 7.74. The van der Waals surface area contributed by atoms with Gasteiger partial charge in [0.05, 0.1) is 12.0 Å². The summed E-state index contributed by atoms with van der Waals surface area (Å²) in [5, 5.41) is 9.04. The first-order valence-corrected chi connectivity index (χ1v) is 4.10. The maximum absolute atomic E-state index is 13.0. The van der Waals surface area contributed by atoms with Crippen LogP contribution < -0.4 is 0 Å². The van der Waals surface area contributed by atoms with Crippen LogP contribution in [0.15, 0.2) is 30.3 Å². The Kier molecular flexibility index (Phi) is 1.65. The molecule has 0 aromatic heterocycles. The van der Waals surface area contributed by atoms with Crippen molar-refractivity contribution in [3.63, 3.8) is 0 Å². The van der Waals surface area contributed by atoms with Crippen LogP contribution in [0.5, 0.6) is 0 Å². The minimum Gasteiger partial charge on any atom is -0.395 e. The molecule has 2 heteroatoms. The van der Waals surface area contributed by atoms with Gasteiger partial charge < -0.3 is 5.11 Å². The zero-order valence-corrected chi connectivity index (χ0v) is 6.70. The molecule has 0 unspecified atom stereocenters. The molecular formula is C10H11FO. The van der Waals surface area contributed by atoms with Gasteiger partial charge in [-0.1, -0.05) is 30.3 Å². The molecule has 1 nitrogen and oxygen atoms in total. The fourth-order valence-electron chi connectivity index (χ4n) is 1.58. The van der Waals surface area contributed by atoms with Gasteiger partial charge in [-0.15, -0.1) is 0 Å². The molecule has 0 heterocycles. The van der Waals surface area contributed by atoms with Crippen LogP contribution in [0.2, 0.25) is 0 Å². The summed E-state index contributed by atoms with van der Waals surface area (Å²) in [6, 6.07) is 9.38. The second-order valence-corrected chi connectivity index (χ2v) is 3.35. The van der Waals surface area contributed by atoms with Crippen LogP contribution in [0, 0.1) is 0 Å². The normalized spacial score (nSPS) is 33.3. The van der Waals surface area contributed by atoms with Gasteiger partial charge >= 0.3 is 0 Å². The van der Waals surface area contributed by atoms with Gasteiger partial charge in [-0.2, -0.15) is 0 Å². The van der Waals surface area contributed by atoms with E-state index in [-0.39, 0.29) is 6.61 Å². The van der Waals surface area contributed by atoms with Crippen molar-refractivity contribution in [1.29, 1.82) is 0 Å². The first-order valence-electron chi connectivity index (χ1n) is 4.10. The Balaban J connectivity index is 2.31. The molecule has 1 fully saturated rings. The fourth-order valence-corrected chi connectivity index (χ4v) is 1.58. The zero-order chi connectivity index (χ0) is 8.60. The number of rotatable bonds is 2. The van der Waals surface area contributed by atoms with E-state index in [1.807, 2.05) is 30.3 Å². The van der Waals surface area contributed by atoms with Crippen LogP contribution in [-0.4, -0.2) is 17.9 Å². The zero-order valence-electron chi connectivity index (χ0n) is 6.70. The number of benzene rings is 1. The van der Waals surface area contributed by atoms with Gasteiger partial charge in [0.1, 0.15) is 6.17 Å². The molecule has 12 heavy (non-hydrogen) atoms. The molecule has 64 valence electrons. The molecule has 1 N–H and O–H groups in total. The lowest BCUT2D eigenvalue weighted by Crippen LogP contribution is -2.15. The highest BCUT2D eigenvalue weighted by atomic mass is 19.1. The van der Waals surface area contributed by atoms with Gasteiger partial charge in [0.2, 0.25) is 0 Å².